The lowest BCUT2D eigenvalue weighted by atomic mass is 9.95. The van der Waals surface area contributed by atoms with E-state index in [0.717, 1.165) is 5.56 Å². The number of carbonyl (C=O) groups excluding carboxylic acids is 2. The van der Waals surface area contributed by atoms with Crippen molar-refractivity contribution in [3.63, 3.8) is 0 Å². The molecule has 2 fully saturated rings. The molecule has 3 aliphatic heterocycles. The van der Waals surface area contributed by atoms with Crippen molar-refractivity contribution < 1.29 is 23.6 Å². The zero-order valence-corrected chi connectivity index (χ0v) is 17.8. The summed E-state index contributed by atoms with van der Waals surface area (Å²) in [5.41, 5.74) is 6.15. The van der Waals surface area contributed by atoms with Crippen LogP contribution in [0.15, 0.2) is 36.0 Å². The van der Waals surface area contributed by atoms with E-state index in [0.29, 0.717) is 0 Å². The van der Waals surface area contributed by atoms with Crippen LogP contribution in [0.25, 0.3) is 0 Å². The summed E-state index contributed by atoms with van der Waals surface area (Å²) < 4.78 is 18.9. The van der Waals surface area contributed by atoms with Crippen molar-refractivity contribution in [2.75, 3.05) is 7.05 Å². The third-order valence-corrected chi connectivity index (χ3v) is 5.47. The van der Waals surface area contributed by atoms with Gasteiger partial charge in [0.1, 0.15) is 23.9 Å². The maximum atomic E-state index is 13.1. The molecule has 4 atom stereocenters. The number of halogens is 1. The molecule has 11 heteroatoms. The van der Waals surface area contributed by atoms with Crippen LogP contribution in [0.5, 0.6) is 0 Å². The van der Waals surface area contributed by atoms with Crippen molar-refractivity contribution in [3.05, 3.63) is 47.4 Å². The van der Waals surface area contributed by atoms with E-state index in [9.17, 15) is 14.0 Å². The lowest BCUT2D eigenvalue weighted by molar-refractivity contribution is -0.304. The molecule has 2 amide bonds. The highest BCUT2D eigenvalue weighted by molar-refractivity contribution is 6.01. The second kappa shape index (κ2) is 8.17. The number of fused-ring (bicyclic) bond motifs is 1. The standard InChI is InChI=1S/C20H27FN6O4/c1-11-24-25-18(30-11)17-23-20(2,3)19-26(4)15(28)9-14(27(19)31-17)16(29)22-10-12-5-7-13(21)8-6-12/h5-9,11,17-19,23-25H,10H2,1-4H3,(H,22,29). The Hall–Kier alpha value is -2.57. The van der Waals surface area contributed by atoms with Crippen molar-refractivity contribution in [1.29, 1.82) is 0 Å². The summed E-state index contributed by atoms with van der Waals surface area (Å²) in [6.07, 6.45) is -0.672. The molecular formula is C20H27FN6O4. The SMILES string of the molecule is CC1NNC(C2NC(C)(C)C3N(C)C(=O)C=C(C(=O)NCc4ccc(F)cc4)N3O2)O1. The Morgan fingerprint density at radius 1 is 1.23 bits per heavy atom. The van der Waals surface area contributed by atoms with Gasteiger partial charge in [-0.25, -0.2) is 25.1 Å². The normalized spacial score (nSPS) is 30.1. The number of hydroxylamine groups is 2. The predicted octanol–water partition coefficient (Wildman–Crippen LogP) is -0.138. The van der Waals surface area contributed by atoms with Crippen molar-refractivity contribution in [1.82, 2.24) is 31.4 Å². The van der Waals surface area contributed by atoms with Crippen molar-refractivity contribution in [3.8, 4) is 0 Å². The molecule has 1 aromatic rings. The maximum absolute atomic E-state index is 13.1. The first-order chi connectivity index (χ1) is 14.7. The Morgan fingerprint density at radius 2 is 1.94 bits per heavy atom. The summed E-state index contributed by atoms with van der Waals surface area (Å²) in [7, 11) is 1.66. The fourth-order valence-corrected chi connectivity index (χ4v) is 3.98. The van der Waals surface area contributed by atoms with Gasteiger partial charge in [-0.05, 0) is 38.5 Å². The fraction of sp³-hybridized carbons (Fsp3) is 0.500. The largest absolute Gasteiger partial charge is 0.347 e. The Labute approximate surface area is 179 Å². The molecule has 31 heavy (non-hydrogen) atoms. The number of benzene rings is 1. The van der Waals surface area contributed by atoms with Gasteiger partial charge in [-0.2, -0.15) is 0 Å². The van der Waals surface area contributed by atoms with E-state index in [1.807, 2.05) is 20.8 Å². The predicted molar refractivity (Wildman–Crippen MR) is 107 cm³/mol. The van der Waals surface area contributed by atoms with Gasteiger partial charge in [0, 0.05) is 19.7 Å². The summed E-state index contributed by atoms with van der Waals surface area (Å²) in [6, 6.07) is 5.83. The lowest BCUT2D eigenvalue weighted by Gasteiger charge is -2.55. The van der Waals surface area contributed by atoms with Gasteiger partial charge >= 0.3 is 0 Å². The van der Waals surface area contributed by atoms with Crippen LogP contribution in [0.3, 0.4) is 0 Å². The van der Waals surface area contributed by atoms with Crippen molar-refractivity contribution in [2.45, 2.75) is 57.7 Å². The quantitative estimate of drug-likeness (QED) is 0.519. The molecule has 0 radical (unpaired) electrons. The molecule has 168 valence electrons. The van der Waals surface area contributed by atoms with Gasteiger partial charge in [-0.15, -0.1) is 0 Å². The van der Waals surface area contributed by atoms with Gasteiger partial charge in [0.2, 0.25) is 5.91 Å². The van der Waals surface area contributed by atoms with Gasteiger partial charge in [0.25, 0.3) is 5.91 Å². The van der Waals surface area contributed by atoms with Crippen LogP contribution >= 0.6 is 0 Å². The molecule has 4 N–H and O–H groups in total. The second-order valence-electron chi connectivity index (χ2n) is 8.37. The number of hydrazine groups is 1. The van der Waals surface area contributed by atoms with E-state index in [-0.39, 0.29) is 30.2 Å². The number of nitrogens with one attached hydrogen (secondary N) is 4. The summed E-state index contributed by atoms with van der Waals surface area (Å²) in [6.45, 7) is 5.88. The van der Waals surface area contributed by atoms with Crippen LogP contribution in [0.2, 0.25) is 0 Å². The first-order valence-electron chi connectivity index (χ1n) is 10.1. The highest BCUT2D eigenvalue weighted by atomic mass is 19.1. The van der Waals surface area contributed by atoms with Crippen LogP contribution in [0.4, 0.5) is 4.39 Å². The molecule has 0 aromatic heterocycles. The third kappa shape index (κ3) is 4.27. The van der Waals surface area contributed by atoms with E-state index in [2.05, 4.69) is 21.5 Å². The maximum Gasteiger partial charge on any atom is 0.270 e. The van der Waals surface area contributed by atoms with Crippen LogP contribution in [-0.2, 0) is 25.7 Å². The van der Waals surface area contributed by atoms with Gasteiger partial charge in [0.05, 0.1) is 5.54 Å². The van der Waals surface area contributed by atoms with Crippen molar-refractivity contribution in [2.24, 2.45) is 0 Å². The summed E-state index contributed by atoms with van der Waals surface area (Å²) in [5, 5.41) is 7.58. The lowest BCUT2D eigenvalue weighted by Crippen LogP contribution is -2.75. The molecule has 10 nitrogen and oxygen atoms in total. The highest BCUT2D eigenvalue weighted by Gasteiger charge is 2.52. The molecule has 3 aliphatic rings. The van der Waals surface area contributed by atoms with E-state index in [1.54, 1.807) is 19.2 Å². The summed E-state index contributed by atoms with van der Waals surface area (Å²) in [5.74, 6) is -1.13. The van der Waals surface area contributed by atoms with E-state index in [1.165, 1.54) is 28.2 Å². The van der Waals surface area contributed by atoms with E-state index >= 15 is 0 Å². The minimum absolute atomic E-state index is 0.0915. The zero-order valence-electron chi connectivity index (χ0n) is 17.8. The number of nitrogens with zero attached hydrogens (tertiary/aromatic N) is 2. The number of carbonyl (C=O) groups is 2. The average molecular weight is 434 g/mol. The van der Waals surface area contributed by atoms with Crippen LogP contribution in [0.1, 0.15) is 26.3 Å². The first-order valence-corrected chi connectivity index (χ1v) is 10.1. The molecule has 0 saturated carbocycles. The number of rotatable bonds is 4. The molecular weight excluding hydrogens is 407 g/mol. The van der Waals surface area contributed by atoms with Gasteiger partial charge in [-0.3, -0.25) is 14.9 Å². The molecule has 3 heterocycles. The topological polar surface area (TPSA) is 107 Å². The number of hydrogen-bond donors (Lipinski definition) is 4. The van der Waals surface area contributed by atoms with Crippen LogP contribution in [0, 0.1) is 5.82 Å². The molecule has 4 rings (SSSR count). The zero-order chi connectivity index (χ0) is 22.3. The smallest absolute Gasteiger partial charge is 0.270 e. The Bertz CT molecular complexity index is 892. The fourth-order valence-electron chi connectivity index (χ4n) is 3.98. The van der Waals surface area contributed by atoms with Gasteiger partial charge in [0.15, 0.2) is 12.5 Å². The van der Waals surface area contributed by atoms with Gasteiger partial charge < -0.3 is 15.0 Å². The molecule has 2 saturated heterocycles. The molecule has 0 aliphatic carbocycles. The number of amides is 2. The highest BCUT2D eigenvalue weighted by Crippen LogP contribution is 2.33. The first kappa shape index (κ1) is 21.7. The Morgan fingerprint density at radius 3 is 2.58 bits per heavy atom. The third-order valence-electron chi connectivity index (χ3n) is 5.47. The number of hydrogen-bond acceptors (Lipinski definition) is 8. The molecule has 1 aromatic carbocycles. The number of likely N-dealkylation sites (N-methyl/N-ethyl adjacent to an activating group) is 1. The minimum Gasteiger partial charge on any atom is -0.347 e. The van der Waals surface area contributed by atoms with Crippen molar-refractivity contribution >= 4 is 11.8 Å². The van der Waals surface area contributed by atoms with Crippen LogP contribution in [-0.4, -0.2) is 59.2 Å². The Balaban J connectivity index is 1.56. The minimum atomic E-state index is -0.638. The summed E-state index contributed by atoms with van der Waals surface area (Å²) >= 11 is 0. The molecule has 0 bridgehead atoms. The van der Waals surface area contributed by atoms with Crippen LogP contribution < -0.4 is 21.5 Å². The monoisotopic (exact) mass is 434 g/mol. The average Bonchev–Trinajstić information content (AvgIpc) is 3.15. The van der Waals surface area contributed by atoms with Gasteiger partial charge in [-0.1, -0.05) is 12.1 Å². The Kier molecular flexibility index (Phi) is 5.71. The van der Waals surface area contributed by atoms with E-state index < -0.39 is 30.1 Å². The summed E-state index contributed by atoms with van der Waals surface area (Å²) in [4.78, 5) is 33.2. The number of ether oxygens (including phenoxy) is 1. The molecule has 0 spiro atoms. The second-order valence-corrected chi connectivity index (χ2v) is 8.37. The molecule has 4 unspecified atom stereocenters. The van der Waals surface area contributed by atoms with E-state index in [4.69, 9.17) is 9.57 Å².